The standard InChI is InChI=1S/C24H19NO2S2/c26-23(27-25-22(17-29-24(25)28)20-14-8-3-9-15-20)16-21(18-10-4-1-5-11-18)19-12-6-2-7-13-19/h1-15,17,21H,16H2. The van der Waals surface area contributed by atoms with Crippen LogP contribution < -0.4 is 4.84 Å². The lowest BCUT2D eigenvalue weighted by molar-refractivity contribution is -0.144. The van der Waals surface area contributed by atoms with Gasteiger partial charge in [0.25, 0.3) is 0 Å². The van der Waals surface area contributed by atoms with Crippen LogP contribution in [0.1, 0.15) is 23.5 Å². The van der Waals surface area contributed by atoms with Crippen LogP contribution in [0, 0.1) is 3.95 Å². The van der Waals surface area contributed by atoms with Gasteiger partial charge in [-0.05, 0) is 23.3 Å². The molecule has 29 heavy (non-hydrogen) atoms. The molecule has 3 aromatic carbocycles. The Hall–Kier alpha value is -3.02. The molecule has 0 atom stereocenters. The quantitative estimate of drug-likeness (QED) is 0.354. The van der Waals surface area contributed by atoms with Crippen molar-refractivity contribution in [3.63, 3.8) is 0 Å². The molecule has 1 aromatic heterocycles. The van der Waals surface area contributed by atoms with Crippen LogP contribution >= 0.6 is 23.6 Å². The first-order valence-electron chi connectivity index (χ1n) is 9.29. The molecule has 0 aliphatic carbocycles. The zero-order chi connectivity index (χ0) is 20.1. The Labute approximate surface area is 178 Å². The van der Waals surface area contributed by atoms with Crippen molar-refractivity contribution in [2.45, 2.75) is 12.3 Å². The molecule has 0 aliphatic heterocycles. The highest BCUT2D eigenvalue weighted by atomic mass is 32.1. The van der Waals surface area contributed by atoms with Gasteiger partial charge in [0.15, 0.2) is 3.95 Å². The highest BCUT2D eigenvalue weighted by molar-refractivity contribution is 7.73. The van der Waals surface area contributed by atoms with Gasteiger partial charge < -0.3 is 4.84 Å². The smallest absolute Gasteiger partial charge is 0.333 e. The third kappa shape index (κ3) is 4.53. The Morgan fingerprint density at radius 2 is 1.38 bits per heavy atom. The summed E-state index contributed by atoms with van der Waals surface area (Å²) in [4.78, 5) is 18.6. The molecule has 0 radical (unpaired) electrons. The van der Waals surface area contributed by atoms with Gasteiger partial charge in [0.2, 0.25) is 0 Å². The van der Waals surface area contributed by atoms with Gasteiger partial charge >= 0.3 is 5.97 Å². The average Bonchev–Trinajstić information content (AvgIpc) is 3.14. The molecular formula is C24H19NO2S2. The average molecular weight is 418 g/mol. The van der Waals surface area contributed by atoms with E-state index in [2.05, 4.69) is 0 Å². The van der Waals surface area contributed by atoms with E-state index in [1.165, 1.54) is 16.1 Å². The van der Waals surface area contributed by atoms with Crippen molar-refractivity contribution in [3.05, 3.63) is 111 Å². The summed E-state index contributed by atoms with van der Waals surface area (Å²) < 4.78 is 1.97. The van der Waals surface area contributed by atoms with Crippen molar-refractivity contribution in [1.29, 1.82) is 0 Å². The normalized spacial score (nSPS) is 10.8. The number of thiazole rings is 1. The minimum Gasteiger partial charge on any atom is -0.334 e. The monoisotopic (exact) mass is 417 g/mol. The van der Waals surface area contributed by atoms with Crippen molar-refractivity contribution in [3.8, 4) is 11.3 Å². The summed E-state index contributed by atoms with van der Waals surface area (Å²) >= 11 is 6.78. The maximum absolute atomic E-state index is 12.9. The topological polar surface area (TPSA) is 31.2 Å². The van der Waals surface area contributed by atoms with E-state index in [1.54, 1.807) is 0 Å². The van der Waals surface area contributed by atoms with Crippen molar-refractivity contribution >= 4 is 29.5 Å². The third-order valence-corrected chi connectivity index (χ3v) is 5.86. The van der Waals surface area contributed by atoms with Crippen LogP contribution in [0.3, 0.4) is 0 Å². The SMILES string of the molecule is O=C(CC(c1ccccc1)c1ccccc1)On1c(-c2ccccc2)csc1=S. The number of carbonyl (C=O) groups excluding carboxylic acids is 1. The van der Waals surface area contributed by atoms with E-state index in [0.29, 0.717) is 3.95 Å². The van der Waals surface area contributed by atoms with E-state index in [4.69, 9.17) is 17.1 Å². The molecule has 0 spiro atoms. The van der Waals surface area contributed by atoms with Gasteiger partial charge in [0, 0.05) is 16.9 Å². The molecule has 4 rings (SSSR count). The molecule has 4 aromatic rings. The molecule has 0 fully saturated rings. The van der Waals surface area contributed by atoms with Gasteiger partial charge in [0.1, 0.15) is 5.69 Å². The van der Waals surface area contributed by atoms with Crippen molar-refractivity contribution < 1.29 is 9.63 Å². The summed E-state index contributed by atoms with van der Waals surface area (Å²) in [7, 11) is 0. The van der Waals surface area contributed by atoms with E-state index >= 15 is 0 Å². The Kier molecular flexibility index (Phi) is 5.98. The number of nitrogens with zero attached hydrogens (tertiary/aromatic N) is 1. The third-order valence-electron chi connectivity index (χ3n) is 4.69. The Morgan fingerprint density at radius 3 is 1.93 bits per heavy atom. The fourth-order valence-corrected chi connectivity index (χ4v) is 4.24. The summed E-state index contributed by atoms with van der Waals surface area (Å²) in [6.45, 7) is 0. The van der Waals surface area contributed by atoms with E-state index in [9.17, 15) is 4.79 Å². The summed E-state index contributed by atoms with van der Waals surface area (Å²) in [5.41, 5.74) is 3.89. The Balaban J connectivity index is 1.60. The number of hydrogen-bond acceptors (Lipinski definition) is 4. The van der Waals surface area contributed by atoms with Gasteiger partial charge in [0.05, 0.1) is 6.42 Å². The second-order valence-electron chi connectivity index (χ2n) is 6.59. The molecule has 0 saturated heterocycles. The predicted molar refractivity (Wildman–Crippen MR) is 120 cm³/mol. The van der Waals surface area contributed by atoms with Gasteiger partial charge in [-0.25, -0.2) is 4.79 Å². The molecule has 0 bridgehead atoms. The number of rotatable bonds is 6. The second kappa shape index (κ2) is 8.99. The maximum Gasteiger partial charge on any atom is 0.333 e. The molecule has 0 unspecified atom stereocenters. The molecule has 144 valence electrons. The Morgan fingerprint density at radius 1 is 0.862 bits per heavy atom. The van der Waals surface area contributed by atoms with Gasteiger partial charge in [-0.1, -0.05) is 91.0 Å². The van der Waals surface area contributed by atoms with Crippen LogP contribution in [-0.4, -0.2) is 10.7 Å². The van der Waals surface area contributed by atoms with Crippen LogP contribution in [0.5, 0.6) is 0 Å². The fraction of sp³-hybridized carbons (Fsp3) is 0.0833. The van der Waals surface area contributed by atoms with E-state index < -0.39 is 0 Å². The molecular weight excluding hydrogens is 398 g/mol. The second-order valence-corrected chi connectivity index (χ2v) is 8.09. The van der Waals surface area contributed by atoms with Crippen molar-refractivity contribution in [2.24, 2.45) is 0 Å². The van der Waals surface area contributed by atoms with Crippen LogP contribution in [0.15, 0.2) is 96.4 Å². The lowest BCUT2D eigenvalue weighted by atomic mass is 9.89. The highest BCUT2D eigenvalue weighted by Crippen LogP contribution is 2.29. The van der Waals surface area contributed by atoms with Gasteiger partial charge in [-0.3, -0.25) is 0 Å². The largest absolute Gasteiger partial charge is 0.334 e. The molecule has 3 nitrogen and oxygen atoms in total. The van der Waals surface area contributed by atoms with Crippen LogP contribution in [0.2, 0.25) is 0 Å². The molecule has 1 heterocycles. The molecule has 5 heteroatoms. The maximum atomic E-state index is 12.9. The predicted octanol–water partition coefficient (Wildman–Crippen LogP) is 6.12. The van der Waals surface area contributed by atoms with Crippen molar-refractivity contribution in [1.82, 2.24) is 4.73 Å². The first kappa shape index (κ1) is 19.3. The van der Waals surface area contributed by atoms with E-state index in [-0.39, 0.29) is 18.3 Å². The van der Waals surface area contributed by atoms with Gasteiger partial charge in [-0.15, -0.1) is 11.3 Å². The van der Waals surface area contributed by atoms with Crippen molar-refractivity contribution in [2.75, 3.05) is 0 Å². The number of aromatic nitrogens is 1. The lowest BCUT2D eigenvalue weighted by Crippen LogP contribution is -2.22. The molecule has 0 aliphatic rings. The number of carbonyl (C=O) groups is 1. The fourth-order valence-electron chi connectivity index (χ4n) is 3.29. The summed E-state index contributed by atoms with van der Waals surface area (Å²) in [5.74, 6) is -0.410. The van der Waals surface area contributed by atoms with Gasteiger partial charge in [-0.2, -0.15) is 4.73 Å². The summed E-state index contributed by atoms with van der Waals surface area (Å²) in [6.07, 6.45) is 0.222. The van der Waals surface area contributed by atoms with E-state index in [0.717, 1.165) is 22.4 Å². The minimum absolute atomic E-state index is 0.0853. The number of benzene rings is 3. The zero-order valence-electron chi connectivity index (χ0n) is 15.6. The van der Waals surface area contributed by atoms with Crippen LogP contribution in [-0.2, 0) is 4.79 Å². The first-order valence-corrected chi connectivity index (χ1v) is 10.6. The molecule has 0 N–H and O–H groups in total. The molecule has 0 saturated carbocycles. The zero-order valence-corrected chi connectivity index (χ0v) is 17.2. The first-order chi connectivity index (χ1) is 14.2. The van der Waals surface area contributed by atoms with Crippen LogP contribution in [0.4, 0.5) is 0 Å². The number of hydrogen-bond donors (Lipinski definition) is 0. The Bertz CT molecular complexity index is 1100. The summed E-state index contributed by atoms with van der Waals surface area (Å²) in [6, 6.07) is 29.8. The highest BCUT2D eigenvalue weighted by Gasteiger charge is 2.21. The summed E-state index contributed by atoms with van der Waals surface area (Å²) in [5, 5.41) is 1.91. The lowest BCUT2D eigenvalue weighted by Gasteiger charge is -2.18. The van der Waals surface area contributed by atoms with E-state index in [1.807, 2.05) is 96.4 Å². The van der Waals surface area contributed by atoms with Crippen LogP contribution in [0.25, 0.3) is 11.3 Å². The minimum atomic E-state index is -0.325. The molecule has 0 amide bonds.